The molecule has 0 saturated heterocycles. The van der Waals surface area contributed by atoms with E-state index in [-0.39, 0.29) is 25.3 Å². The van der Waals surface area contributed by atoms with Gasteiger partial charge in [0, 0.05) is 6.42 Å². The van der Waals surface area contributed by atoms with Crippen molar-refractivity contribution in [2.75, 3.05) is 6.54 Å². The Morgan fingerprint density at radius 2 is 2.09 bits per heavy atom. The molecule has 5 heteroatoms. The van der Waals surface area contributed by atoms with Gasteiger partial charge in [0.2, 0.25) is 0 Å². The van der Waals surface area contributed by atoms with Crippen LogP contribution in [0.15, 0.2) is 0 Å². The molecule has 0 saturated carbocycles. The number of rotatable bonds is 5. The lowest BCUT2D eigenvalue weighted by atomic mass is 10.2. The number of unbranched alkanes of at least 4 members (excludes halogenated alkanes) is 1. The maximum atomic E-state index is 10.4. The van der Waals surface area contributed by atoms with E-state index in [1.807, 2.05) is 0 Å². The molecule has 0 aliphatic rings. The summed E-state index contributed by atoms with van der Waals surface area (Å²) >= 11 is 0. The third kappa shape index (κ3) is 9.39. The third-order valence-corrected chi connectivity index (χ3v) is 1.01. The average Bonchev–Trinajstić information content (AvgIpc) is 1.89. The van der Waals surface area contributed by atoms with Crippen LogP contribution in [0.3, 0.4) is 0 Å². The van der Waals surface area contributed by atoms with Crippen LogP contribution in [0.5, 0.6) is 0 Å². The third-order valence-electron chi connectivity index (χ3n) is 1.01. The summed E-state index contributed by atoms with van der Waals surface area (Å²) in [5, 5.41) is 0. The molecule has 0 fully saturated rings. The van der Waals surface area contributed by atoms with Gasteiger partial charge in [0.05, 0.1) is 0 Å². The first kappa shape index (κ1) is 13.0. The normalized spacial score (nSPS) is 8.09. The van der Waals surface area contributed by atoms with Crippen LogP contribution in [-0.2, 0) is 14.3 Å². The Bertz CT molecular complexity index is 118. The highest BCUT2D eigenvalue weighted by molar-refractivity contribution is 5.85. The molecule has 0 amide bonds. The van der Waals surface area contributed by atoms with Crippen molar-refractivity contribution in [3.8, 4) is 0 Å². The standard InChI is InChI=1S/C6H11NO3.ClH/c7-4-2-1-3-6(9)10-5-8;/h5H,1-4,7H2;1H. The second kappa shape index (κ2) is 9.39. The van der Waals surface area contributed by atoms with Crippen molar-refractivity contribution in [1.82, 2.24) is 0 Å². The van der Waals surface area contributed by atoms with E-state index in [0.717, 1.165) is 6.42 Å². The molecule has 0 radical (unpaired) electrons. The highest BCUT2D eigenvalue weighted by Crippen LogP contribution is 1.94. The lowest BCUT2D eigenvalue weighted by Gasteiger charge is -1.94. The van der Waals surface area contributed by atoms with Crippen LogP contribution in [0, 0.1) is 0 Å². The number of ether oxygens (including phenoxy) is 1. The highest BCUT2D eigenvalue weighted by Gasteiger charge is 1.99. The lowest BCUT2D eigenvalue weighted by molar-refractivity contribution is -0.151. The van der Waals surface area contributed by atoms with Crippen LogP contribution in [0.2, 0.25) is 0 Å². The van der Waals surface area contributed by atoms with Gasteiger partial charge < -0.3 is 10.5 Å². The first-order valence-electron chi connectivity index (χ1n) is 3.14. The van der Waals surface area contributed by atoms with Gasteiger partial charge in [0.25, 0.3) is 0 Å². The molecule has 0 aromatic carbocycles. The molecule has 11 heavy (non-hydrogen) atoms. The van der Waals surface area contributed by atoms with E-state index < -0.39 is 5.97 Å². The van der Waals surface area contributed by atoms with Gasteiger partial charge in [0.1, 0.15) is 0 Å². The first-order chi connectivity index (χ1) is 4.81. The van der Waals surface area contributed by atoms with Crippen LogP contribution >= 0.6 is 12.4 Å². The summed E-state index contributed by atoms with van der Waals surface area (Å²) < 4.78 is 4.03. The fraction of sp³-hybridized carbons (Fsp3) is 0.667. The topological polar surface area (TPSA) is 69.4 Å². The lowest BCUT2D eigenvalue weighted by Crippen LogP contribution is -2.04. The monoisotopic (exact) mass is 181 g/mol. The quantitative estimate of drug-likeness (QED) is 0.286. The van der Waals surface area contributed by atoms with Gasteiger partial charge >= 0.3 is 12.4 Å². The van der Waals surface area contributed by atoms with Crippen molar-refractivity contribution in [1.29, 1.82) is 0 Å². The fourth-order valence-electron chi connectivity index (χ4n) is 0.526. The predicted molar refractivity (Wildman–Crippen MR) is 42.3 cm³/mol. The van der Waals surface area contributed by atoms with Gasteiger partial charge in [-0.15, -0.1) is 12.4 Å². The predicted octanol–water partition coefficient (Wildman–Crippen LogP) is 0.237. The summed E-state index contributed by atoms with van der Waals surface area (Å²) in [6.07, 6.45) is 1.74. The molecular weight excluding hydrogens is 170 g/mol. The molecule has 0 unspecified atom stereocenters. The number of hydrogen-bond acceptors (Lipinski definition) is 4. The molecule has 0 bridgehead atoms. The largest absolute Gasteiger partial charge is 0.395 e. The first-order valence-corrected chi connectivity index (χ1v) is 3.14. The molecule has 0 aliphatic heterocycles. The number of nitrogens with two attached hydrogens (primary N) is 1. The minimum Gasteiger partial charge on any atom is -0.395 e. The van der Waals surface area contributed by atoms with Crippen molar-refractivity contribution in [3.05, 3.63) is 0 Å². The second-order valence-corrected chi connectivity index (χ2v) is 1.83. The Labute approximate surface area is 71.5 Å². The smallest absolute Gasteiger partial charge is 0.313 e. The number of carbonyl (C=O) groups excluding carboxylic acids is 2. The summed E-state index contributed by atoms with van der Waals surface area (Å²) in [5.41, 5.74) is 5.17. The molecule has 66 valence electrons. The SMILES string of the molecule is Cl.NCCCCC(=O)OC=O. The van der Waals surface area contributed by atoms with Crippen molar-refractivity contribution in [2.24, 2.45) is 5.73 Å². The summed E-state index contributed by atoms with van der Waals surface area (Å²) in [7, 11) is 0. The number of carbonyl (C=O) groups is 2. The van der Waals surface area contributed by atoms with Crippen molar-refractivity contribution >= 4 is 24.8 Å². The minimum atomic E-state index is -0.483. The minimum absolute atomic E-state index is 0. The summed E-state index contributed by atoms with van der Waals surface area (Å²) in [4.78, 5) is 20.0. The molecule has 0 aromatic heterocycles. The molecule has 0 spiro atoms. The van der Waals surface area contributed by atoms with Crippen molar-refractivity contribution in [2.45, 2.75) is 19.3 Å². The Kier molecular flexibility index (Phi) is 11.1. The van der Waals surface area contributed by atoms with Crippen LogP contribution in [0.4, 0.5) is 0 Å². The van der Waals surface area contributed by atoms with E-state index in [2.05, 4.69) is 4.74 Å². The van der Waals surface area contributed by atoms with Crippen molar-refractivity contribution < 1.29 is 14.3 Å². The van der Waals surface area contributed by atoms with E-state index >= 15 is 0 Å². The van der Waals surface area contributed by atoms with Crippen LogP contribution < -0.4 is 5.73 Å². The van der Waals surface area contributed by atoms with Gasteiger partial charge in [0.15, 0.2) is 0 Å². The zero-order valence-electron chi connectivity index (χ0n) is 6.12. The molecule has 0 rings (SSSR count). The number of halogens is 1. The van der Waals surface area contributed by atoms with Gasteiger partial charge in [-0.3, -0.25) is 9.59 Å². The highest BCUT2D eigenvalue weighted by atomic mass is 35.5. The van der Waals surface area contributed by atoms with Crippen LogP contribution in [-0.4, -0.2) is 19.0 Å². The zero-order chi connectivity index (χ0) is 7.82. The molecule has 2 N–H and O–H groups in total. The number of hydrogen-bond donors (Lipinski definition) is 1. The molecule has 0 aromatic rings. The van der Waals surface area contributed by atoms with Gasteiger partial charge in [-0.05, 0) is 19.4 Å². The molecule has 0 atom stereocenters. The summed E-state index contributed by atoms with van der Waals surface area (Å²) in [5.74, 6) is -0.483. The van der Waals surface area contributed by atoms with Gasteiger partial charge in [-0.2, -0.15) is 0 Å². The van der Waals surface area contributed by atoms with E-state index in [9.17, 15) is 9.59 Å². The van der Waals surface area contributed by atoms with Crippen LogP contribution in [0.1, 0.15) is 19.3 Å². The second-order valence-electron chi connectivity index (χ2n) is 1.83. The zero-order valence-corrected chi connectivity index (χ0v) is 6.93. The Hall–Kier alpha value is -0.610. The van der Waals surface area contributed by atoms with E-state index in [1.54, 1.807) is 0 Å². The Morgan fingerprint density at radius 1 is 1.45 bits per heavy atom. The summed E-state index contributed by atoms with van der Waals surface area (Å²) in [6.45, 7) is 0.707. The molecule has 4 nitrogen and oxygen atoms in total. The fourth-order valence-corrected chi connectivity index (χ4v) is 0.526. The molecule has 0 heterocycles. The average molecular weight is 182 g/mol. The Morgan fingerprint density at radius 3 is 2.55 bits per heavy atom. The number of esters is 1. The maximum Gasteiger partial charge on any atom is 0.313 e. The van der Waals surface area contributed by atoms with E-state index in [1.165, 1.54) is 0 Å². The van der Waals surface area contributed by atoms with E-state index in [4.69, 9.17) is 5.73 Å². The van der Waals surface area contributed by atoms with Gasteiger partial charge in [-0.25, -0.2) is 0 Å². The molecular formula is C6H12ClNO3. The van der Waals surface area contributed by atoms with E-state index in [0.29, 0.717) is 13.0 Å². The van der Waals surface area contributed by atoms with Gasteiger partial charge in [-0.1, -0.05) is 0 Å². The summed E-state index contributed by atoms with van der Waals surface area (Å²) in [6, 6.07) is 0. The Balaban J connectivity index is 0. The maximum absolute atomic E-state index is 10.4. The molecule has 0 aliphatic carbocycles. The van der Waals surface area contributed by atoms with Crippen LogP contribution in [0.25, 0.3) is 0 Å². The van der Waals surface area contributed by atoms with Crippen molar-refractivity contribution in [3.63, 3.8) is 0 Å².